The Morgan fingerprint density at radius 3 is 1.08 bits per heavy atom. The summed E-state index contributed by atoms with van der Waals surface area (Å²) in [4.78, 5) is 0. The molecule has 380 valence electrons. The number of benzene rings is 12. The molecule has 0 amide bonds. The van der Waals surface area contributed by atoms with Crippen molar-refractivity contribution in [2.75, 3.05) is 0 Å². The summed E-state index contributed by atoms with van der Waals surface area (Å²) >= 11 is 0. The largest absolute Gasteiger partial charge is 0.0622 e. The van der Waals surface area contributed by atoms with Crippen molar-refractivity contribution < 1.29 is 0 Å². The Kier molecular flexibility index (Phi) is 22.0. The molecule has 12 rings (SSSR count). The van der Waals surface area contributed by atoms with Crippen LogP contribution in [0.15, 0.2) is 279 Å². The molecule has 0 aromatic heterocycles. The molecule has 0 atom stereocenters. The molecular weight excluding hydrogens is 913 g/mol. The summed E-state index contributed by atoms with van der Waals surface area (Å²) < 4.78 is 0. The summed E-state index contributed by atoms with van der Waals surface area (Å²) in [6, 6.07) is 98.9. The second-order valence-corrected chi connectivity index (χ2v) is 18.9. The quantitative estimate of drug-likeness (QED) is 0.133. The summed E-state index contributed by atoms with van der Waals surface area (Å²) in [5, 5.41) is 10.7. The Morgan fingerprint density at radius 1 is 0.184 bits per heavy atom. The Morgan fingerprint density at radius 2 is 0.526 bits per heavy atom. The minimum Gasteiger partial charge on any atom is -0.0622 e. The molecule has 0 aliphatic rings. The SMILES string of the molecule is CCc1ccc(-c2ccccc2)cc1.CCc1ccc2cc3ccccc3cc2c1.CCc1ccc2ccccc2c1.CCc1cccc(-c2ccccc2)c1.CCc1cccc2ccccc12.CCc1ccccc1. The van der Waals surface area contributed by atoms with Crippen LogP contribution in [0.5, 0.6) is 0 Å². The van der Waals surface area contributed by atoms with Gasteiger partial charge in [-0.2, -0.15) is 0 Å². The molecule has 0 N–H and O–H groups in total. The van der Waals surface area contributed by atoms with Gasteiger partial charge in [0.25, 0.3) is 0 Å². The highest BCUT2D eigenvalue weighted by atomic mass is 14.1. The highest BCUT2D eigenvalue weighted by Gasteiger charge is 2.01. The monoisotopic (exact) mass is 989 g/mol. The maximum atomic E-state index is 2.29. The van der Waals surface area contributed by atoms with Crippen molar-refractivity contribution >= 4 is 43.1 Å². The van der Waals surface area contributed by atoms with Gasteiger partial charge >= 0.3 is 0 Å². The van der Waals surface area contributed by atoms with Gasteiger partial charge in [0.15, 0.2) is 0 Å². The molecule has 0 unspecified atom stereocenters. The number of hydrogen-bond donors (Lipinski definition) is 0. The molecule has 12 aromatic rings. The zero-order chi connectivity index (χ0) is 53.2. The molecule has 0 saturated carbocycles. The van der Waals surface area contributed by atoms with Gasteiger partial charge in [-0.25, -0.2) is 0 Å². The third-order valence-corrected chi connectivity index (χ3v) is 13.8. The minimum atomic E-state index is 1.10. The van der Waals surface area contributed by atoms with Crippen molar-refractivity contribution in [1.29, 1.82) is 0 Å². The first kappa shape index (κ1) is 55.4. The van der Waals surface area contributed by atoms with Gasteiger partial charge in [0.05, 0.1) is 0 Å². The average Bonchev–Trinajstić information content (AvgIpc) is 3.52. The predicted octanol–water partition coefficient (Wildman–Crippen LogP) is 21.4. The molecule has 0 heterocycles. The van der Waals surface area contributed by atoms with Crippen LogP contribution in [0.2, 0.25) is 0 Å². The lowest BCUT2D eigenvalue weighted by atomic mass is 10.0. The van der Waals surface area contributed by atoms with Crippen LogP contribution in [0.25, 0.3) is 65.3 Å². The van der Waals surface area contributed by atoms with Gasteiger partial charge in [0, 0.05) is 0 Å². The van der Waals surface area contributed by atoms with Crippen molar-refractivity contribution in [3.05, 3.63) is 312 Å². The summed E-state index contributed by atoms with van der Waals surface area (Å²) in [6.07, 6.45) is 6.67. The third kappa shape index (κ3) is 16.6. The first-order valence-electron chi connectivity index (χ1n) is 27.6. The van der Waals surface area contributed by atoms with E-state index in [2.05, 4.69) is 302 Å². The highest BCUT2D eigenvalue weighted by Crippen LogP contribution is 2.25. The van der Waals surface area contributed by atoms with E-state index in [1.54, 1.807) is 0 Å². The van der Waals surface area contributed by atoms with E-state index < -0.39 is 0 Å². The van der Waals surface area contributed by atoms with Gasteiger partial charge in [-0.05, 0) is 149 Å². The fourth-order valence-corrected chi connectivity index (χ4v) is 9.15. The summed E-state index contributed by atoms with van der Waals surface area (Å²) in [5.41, 5.74) is 13.6. The first-order valence-corrected chi connectivity index (χ1v) is 27.6. The van der Waals surface area contributed by atoms with Crippen LogP contribution >= 0.6 is 0 Å². The average molecular weight is 989 g/mol. The van der Waals surface area contributed by atoms with Crippen LogP contribution in [-0.2, 0) is 38.5 Å². The minimum absolute atomic E-state index is 1.10. The van der Waals surface area contributed by atoms with E-state index >= 15 is 0 Å². The van der Waals surface area contributed by atoms with E-state index in [0.717, 1.165) is 38.5 Å². The lowest BCUT2D eigenvalue weighted by molar-refractivity contribution is 1.14. The molecule has 76 heavy (non-hydrogen) atoms. The van der Waals surface area contributed by atoms with Crippen molar-refractivity contribution in [2.45, 2.75) is 80.1 Å². The van der Waals surface area contributed by atoms with Crippen LogP contribution in [-0.4, -0.2) is 0 Å². The standard InChI is InChI=1S/C16H14.2C14H14.2C12H12.C8H10/c1-2-12-7-8-15-10-13-5-3-4-6-14(13)11-16(15)9-12;1-2-12-7-6-10-14(11-12)13-8-4-3-5-9-13;1-2-12-8-10-14(11-9-12)13-6-4-3-5-7-13;1-2-10-7-5-8-11-6-3-4-9-12(10)11;1-2-10-7-8-11-5-3-4-6-12(11)9-10;1-2-8-6-4-3-5-7-8/h3-11H,2H2,1H3;2*3-11H,2H2,1H3;2*3-9H,2H2,1H3;3-7H,2H2,1H3. The Bertz CT molecular complexity index is 3560. The molecule has 0 fully saturated rings. The smallest absolute Gasteiger partial charge is 0.0152 e. The summed E-state index contributed by atoms with van der Waals surface area (Å²) in [7, 11) is 0. The molecule has 0 saturated heterocycles. The van der Waals surface area contributed by atoms with E-state index in [9.17, 15) is 0 Å². The molecule has 0 aliphatic carbocycles. The lowest BCUT2D eigenvalue weighted by Gasteiger charge is -2.04. The number of hydrogen-bond acceptors (Lipinski definition) is 0. The van der Waals surface area contributed by atoms with Crippen molar-refractivity contribution in [1.82, 2.24) is 0 Å². The number of rotatable bonds is 8. The zero-order valence-electron chi connectivity index (χ0n) is 45.8. The molecule has 12 aromatic carbocycles. The second kappa shape index (κ2) is 30.1. The van der Waals surface area contributed by atoms with Crippen molar-refractivity contribution in [3.63, 3.8) is 0 Å². The van der Waals surface area contributed by atoms with Gasteiger partial charge in [-0.15, -0.1) is 0 Å². The predicted molar refractivity (Wildman–Crippen MR) is 336 cm³/mol. The van der Waals surface area contributed by atoms with Crippen LogP contribution in [0.4, 0.5) is 0 Å². The van der Waals surface area contributed by atoms with Crippen molar-refractivity contribution in [2.24, 2.45) is 0 Å². The third-order valence-electron chi connectivity index (χ3n) is 13.8. The van der Waals surface area contributed by atoms with Crippen LogP contribution < -0.4 is 0 Å². The molecule has 0 heteroatoms. The van der Waals surface area contributed by atoms with Crippen LogP contribution in [0.3, 0.4) is 0 Å². The van der Waals surface area contributed by atoms with Gasteiger partial charge in [-0.1, -0.05) is 308 Å². The van der Waals surface area contributed by atoms with E-state index in [1.165, 1.54) is 98.7 Å². The fraction of sp³-hybridized carbons (Fsp3) is 0.158. The topological polar surface area (TPSA) is 0 Å². The second-order valence-electron chi connectivity index (χ2n) is 18.9. The van der Waals surface area contributed by atoms with E-state index in [1.807, 2.05) is 18.2 Å². The first-order chi connectivity index (χ1) is 37.4. The molecule has 0 radical (unpaired) electrons. The van der Waals surface area contributed by atoms with Crippen LogP contribution in [0.1, 0.15) is 74.9 Å². The molecule has 0 nitrogen and oxygen atoms in total. The van der Waals surface area contributed by atoms with E-state index in [-0.39, 0.29) is 0 Å². The van der Waals surface area contributed by atoms with E-state index in [4.69, 9.17) is 0 Å². The zero-order valence-corrected chi connectivity index (χ0v) is 45.8. The highest BCUT2D eigenvalue weighted by molar-refractivity contribution is 5.98. The molecule has 0 bridgehead atoms. The maximum Gasteiger partial charge on any atom is -0.0152 e. The Balaban J connectivity index is 0.000000134. The number of aryl methyl sites for hydroxylation is 6. The van der Waals surface area contributed by atoms with Gasteiger partial charge in [0.1, 0.15) is 0 Å². The van der Waals surface area contributed by atoms with Gasteiger partial charge in [0.2, 0.25) is 0 Å². The molecular formula is C76H76. The Labute approximate surface area is 455 Å². The molecule has 0 aliphatic heterocycles. The van der Waals surface area contributed by atoms with E-state index in [0.29, 0.717) is 0 Å². The Hall–Kier alpha value is -8.32. The van der Waals surface area contributed by atoms with Crippen molar-refractivity contribution in [3.8, 4) is 22.3 Å². The normalized spacial score (nSPS) is 10.3. The van der Waals surface area contributed by atoms with Gasteiger partial charge in [-0.3, -0.25) is 0 Å². The number of fused-ring (bicyclic) bond motifs is 4. The fourth-order valence-electron chi connectivity index (χ4n) is 9.15. The summed E-state index contributed by atoms with van der Waals surface area (Å²) in [5.74, 6) is 0. The summed E-state index contributed by atoms with van der Waals surface area (Å²) in [6.45, 7) is 13.1. The molecule has 0 spiro atoms. The van der Waals surface area contributed by atoms with Gasteiger partial charge < -0.3 is 0 Å². The lowest BCUT2D eigenvalue weighted by Crippen LogP contribution is -1.81. The maximum absolute atomic E-state index is 2.29. The van der Waals surface area contributed by atoms with Crippen LogP contribution in [0, 0.1) is 0 Å².